The van der Waals surface area contributed by atoms with Crippen molar-refractivity contribution in [3.05, 3.63) is 40.5 Å². The molecule has 0 bridgehead atoms. The van der Waals surface area contributed by atoms with Crippen molar-refractivity contribution >= 4 is 33.0 Å². The van der Waals surface area contributed by atoms with Crippen molar-refractivity contribution in [2.24, 2.45) is 5.92 Å². The van der Waals surface area contributed by atoms with Crippen LogP contribution in [0, 0.1) is 11.7 Å². The zero-order chi connectivity index (χ0) is 14.0. The highest BCUT2D eigenvalue weighted by molar-refractivity contribution is 7.94. The average molecular weight is 304 g/mol. The topological polar surface area (TPSA) is 63.2 Å². The Bertz CT molecular complexity index is 642. The third-order valence-corrected chi connectivity index (χ3v) is 4.35. The summed E-state index contributed by atoms with van der Waals surface area (Å²) >= 11 is 5.70. The quantitative estimate of drug-likeness (QED) is 0.932. The largest absolute Gasteiger partial charge is 0.324 e. The monoisotopic (exact) mass is 303 g/mol. The Labute approximate surface area is 115 Å². The minimum absolute atomic E-state index is 0.0117. The molecule has 1 unspecified atom stereocenters. The van der Waals surface area contributed by atoms with E-state index < -0.39 is 21.6 Å². The van der Waals surface area contributed by atoms with Gasteiger partial charge in [-0.15, -0.1) is 0 Å². The van der Waals surface area contributed by atoms with Gasteiger partial charge in [-0.2, -0.15) is 0 Å². The van der Waals surface area contributed by atoms with E-state index in [-0.39, 0.29) is 23.8 Å². The second-order valence-electron chi connectivity index (χ2n) is 4.29. The molecule has 19 heavy (non-hydrogen) atoms. The van der Waals surface area contributed by atoms with Gasteiger partial charge in [-0.05, 0) is 18.2 Å². The molecule has 1 atom stereocenters. The van der Waals surface area contributed by atoms with Crippen LogP contribution in [-0.4, -0.2) is 20.1 Å². The van der Waals surface area contributed by atoms with Gasteiger partial charge >= 0.3 is 0 Å². The van der Waals surface area contributed by atoms with Crippen molar-refractivity contribution in [2.45, 2.75) is 6.42 Å². The smallest absolute Gasteiger partial charge is 0.225 e. The molecule has 0 aliphatic carbocycles. The lowest BCUT2D eigenvalue weighted by Gasteiger charge is -2.09. The second kappa shape index (κ2) is 5.30. The number of halogens is 2. The highest BCUT2D eigenvalue weighted by Crippen LogP contribution is 2.22. The molecule has 1 aliphatic rings. The first kappa shape index (κ1) is 14.0. The lowest BCUT2D eigenvalue weighted by atomic mass is 10.1. The van der Waals surface area contributed by atoms with Crippen molar-refractivity contribution in [2.75, 3.05) is 11.1 Å². The highest BCUT2D eigenvalue weighted by Gasteiger charge is 2.24. The molecule has 4 nitrogen and oxygen atoms in total. The van der Waals surface area contributed by atoms with Gasteiger partial charge in [0.05, 0.1) is 11.4 Å². The Morgan fingerprint density at radius 2 is 2.21 bits per heavy atom. The predicted molar refractivity (Wildman–Crippen MR) is 71.1 cm³/mol. The molecular weight excluding hydrogens is 293 g/mol. The molecule has 1 heterocycles. The molecule has 1 aromatic rings. The third kappa shape index (κ3) is 3.78. The van der Waals surface area contributed by atoms with E-state index in [1.165, 1.54) is 18.2 Å². The van der Waals surface area contributed by atoms with Crippen molar-refractivity contribution in [3.8, 4) is 0 Å². The summed E-state index contributed by atoms with van der Waals surface area (Å²) in [5, 5.41) is 3.79. The van der Waals surface area contributed by atoms with Gasteiger partial charge in [-0.3, -0.25) is 4.79 Å². The molecule has 1 N–H and O–H groups in total. The van der Waals surface area contributed by atoms with E-state index >= 15 is 0 Å². The predicted octanol–water partition coefficient (Wildman–Crippen LogP) is 2.37. The van der Waals surface area contributed by atoms with Crippen LogP contribution < -0.4 is 5.32 Å². The SMILES string of the molecule is O=C(CC1C=CS(=O)(=O)C1)Nc1cc(Cl)ccc1F. The van der Waals surface area contributed by atoms with E-state index in [4.69, 9.17) is 11.6 Å². The molecule has 0 saturated heterocycles. The lowest BCUT2D eigenvalue weighted by molar-refractivity contribution is -0.116. The Morgan fingerprint density at radius 1 is 1.47 bits per heavy atom. The number of hydrogen-bond donors (Lipinski definition) is 1. The van der Waals surface area contributed by atoms with E-state index in [2.05, 4.69) is 5.32 Å². The summed E-state index contributed by atoms with van der Waals surface area (Å²) in [6.45, 7) is 0. The summed E-state index contributed by atoms with van der Waals surface area (Å²) in [5.41, 5.74) is -0.0117. The lowest BCUT2D eigenvalue weighted by Crippen LogP contribution is -2.18. The molecular formula is C12H11ClFNO3S. The summed E-state index contributed by atoms with van der Waals surface area (Å²) in [7, 11) is -3.18. The molecule has 0 radical (unpaired) electrons. The molecule has 0 fully saturated rings. The zero-order valence-electron chi connectivity index (χ0n) is 9.77. The first-order valence-corrected chi connectivity index (χ1v) is 7.61. The van der Waals surface area contributed by atoms with Gasteiger partial charge in [0.15, 0.2) is 9.84 Å². The number of nitrogens with one attached hydrogen (secondary N) is 1. The molecule has 7 heteroatoms. The van der Waals surface area contributed by atoms with Gasteiger partial charge in [0.2, 0.25) is 5.91 Å². The van der Waals surface area contributed by atoms with Crippen molar-refractivity contribution in [1.29, 1.82) is 0 Å². The number of sulfone groups is 1. The van der Waals surface area contributed by atoms with Gasteiger partial charge in [-0.25, -0.2) is 12.8 Å². The number of hydrogen-bond acceptors (Lipinski definition) is 3. The molecule has 0 saturated carbocycles. The molecule has 1 aliphatic heterocycles. The second-order valence-corrected chi connectivity index (χ2v) is 6.66. The molecule has 1 amide bonds. The number of carbonyl (C=O) groups excluding carboxylic acids is 1. The summed E-state index contributed by atoms with van der Waals surface area (Å²) in [6, 6.07) is 3.83. The van der Waals surface area contributed by atoms with Crippen LogP contribution in [0.5, 0.6) is 0 Å². The number of rotatable bonds is 3. The van der Waals surface area contributed by atoms with Crippen molar-refractivity contribution in [1.82, 2.24) is 0 Å². The van der Waals surface area contributed by atoms with Crippen LogP contribution in [0.2, 0.25) is 5.02 Å². The van der Waals surface area contributed by atoms with Gasteiger partial charge in [0.25, 0.3) is 0 Å². The molecule has 1 aromatic carbocycles. The van der Waals surface area contributed by atoms with E-state index in [0.717, 1.165) is 11.5 Å². The molecule has 2 rings (SSSR count). The van der Waals surface area contributed by atoms with Gasteiger partial charge in [0, 0.05) is 22.8 Å². The number of allylic oxidation sites excluding steroid dienone is 1. The van der Waals surface area contributed by atoms with Crippen LogP contribution in [-0.2, 0) is 14.6 Å². The van der Waals surface area contributed by atoms with Gasteiger partial charge in [-0.1, -0.05) is 17.7 Å². The van der Waals surface area contributed by atoms with E-state index in [9.17, 15) is 17.6 Å². The summed E-state index contributed by atoms with van der Waals surface area (Å²) < 4.78 is 35.8. The number of benzene rings is 1. The van der Waals surface area contributed by atoms with E-state index in [1.807, 2.05) is 0 Å². The first-order valence-electron chi connectivity index (χ1n) is 5.51. The maximum Gasteiger partial charge on any atom is 0.225 e. The van der Waals surface area contributed by atoms with Crippen LogP contribution in [0.4, 0.5) is 10.1 Å². The van der Waals surface area contributed by atoms with Gasteiger partial charge < -0.3 is 5.32 Å². The minimum atomic E-state index is -3.18. The van der Waals surface area contributed by atoms with Crippen LogP contribution in [0.3, 0.4) is 0 Å². The fourth-order valence-corrected chi connectivity index (χ4v) is 3.37. The summed E-state index contributed by atoms with van der Waals surface area (Å²) in [6.07, 6.45) is 1.46. The summed E-state index contributed by atoms with van der Waals surface area (Å²) in [5.74, 6) is -1.49. The van der Waals surface area contributed by atoms with Crippen LogP contribution in [0.25, 0.3) is 0 Å². The van der Waals surface area contributed by atoms with Crippen LogP contribution in [0.1, 0.15) is 6.42 Å². The Kier molecular flexibility index (Phi) is 3.91. The third-order valence-electron chi connectivity index (χ3n) is 2.65. The minimum Gasteiger partial charge on any atom is -0.324 e. The molecule has 102 valence electrons. The van der Waals surface area contributed by atoms with Crippen LogP contribution in [0.15, 0.2) is 29.7 Å². The Balaban J connectivity index is 1.99. The average Bonchev–Trinajstić information content (AvgIpc) is 2.63. The summed E-state index contributed by atoms with van der Waals surface area (Å²) in [4.78, 5) is 11.7. The number of carbonyl (C=O) groups is 1. The Morgan fingerprint density at radius 3 is 2.84 bits per heavy atom. The zero-order valence-corrected chi connectivity index (χ0v) is 11.3. The number of amides is 1. The molecule has 0 spiro atoms. The van der Waals surface area contributed by atoms with Crippen molar-refractivity contribution in [3.63, 3.8) is 0 Å². The van der Waals surface area contributed by atoms with E-state index in [1.54, 1.807) is 0 Å². The highest BCUT2D eigenvalue weighted by atomic mass is 35.5. The maximum absolute atomic E-state index is 13.4. The van der Waals surface area contributed by atoms with E-state index in [0.29, 0.717) is 5.02 Å². The number of anilines is 1. The normalized spacial score (nSPS) is 20.4. The van der Waals surface area contributed by atoms with Crippen molar-refractivity contribution < 1.29 is 17.6 Å². The maximum atomic E-state index is 13.4. The fraction of sp³-hybridized carbons (Fsp3) is 0.250. The fourth-order valence-electron chi connectivity index (χ4n) is 1.80. The first-order chi connectivity index (χ1) is 8.85. The Hall–Kier alpha value is -1.40. The molecule has 0 aromatic heterocycles. The van der Waals surface area contributed by atoms with Crippen LogP contribution >= 0.6 is 11.6 Å². The standard InChI is InChI=1S/C12H11ClFNO3S/c13-9-1-2-10(14)11(6-9)15-12(16)5-8-3-4-19(17,18)7-8/h1-4,6,8H,5,7H2,(H,15,16). The van der Waals surface area contributed by atoms with Gasteiger partial charge in [0.1, 0.15) is 5.82 Å².